The second-order valence-corrected chi connectivity index (χ2v) is 2.56. The Hall–Kier alpha value is -0.700. The maximum atomic E-state index is 7.34. The summed E-state index contributed by atoms with van der Waals surface area (Å²) in [7, 11) is 0. The van der Waals surface area contributed by atoms with Crippen LogP contribution in [0, 0.1) is 5.41 Å². The van der Waals surface area contributed by atoms with Crippen molar-refractivity contribution in [1.82, 2.24) is 4.98 Å². The standard InChI is InChI=1S/C6H8N2S/c1-2-5(7)6-8-3-4-9-6/h3-4,7H,2H2,1H3. The molecule has 0 aliphatic carbocycles. The van der Waals surface area contributed by atoms with Gasteiger partial charge in [0.1, 0.15) is 5.01 Å². The zero-order chi connectivity index (χ0) is 6.69. The van der Waals surface area contributed by atoms with Gasteiger partial charge < -0.3 is 5.41 Å². The van der Waals surface area contributed by atoms with Crippen LogP contribution in [-0.4, -0.2) is 10.7 Å². The summed E-state index contributed by atoms with van der Waals surface area (Å²) in [5.74, 6) is 0. The molecule has 48 valence electrons. The molecule has 0 atom stereocenters. The van der Waals surface area contributed by atoms with Crippen LogP contribution >= 0.6 is 11.3 Å². The van der Waals surface area contributed by atoms with E-state index < -0.39 is 0 Å². The summed E-state index contributed by atoms with van der Waals surface area (Å²) in [5.41, 5.74) is 0.630. The molecule has 0 aliphatic rings. The Bertz CT molecular complexity index is 191. The predicted molar refractivity (Wildman–Crippen MR) is 39.2 cm³/mol. The third-order valence-electron chi connectivity index (χ3n) is 1.04. The number of nitrogens with zero attached hydrogens (tertiary/aromatic N) is 1. The summed E-state index contributed by atoms with van der Waals surface area (Å²) in [6.45, 7) is 1.96. The minimum absolute atomic E-state index is 0.630. The van der Waals surface area contributed by atoms with Crippen LogP contribution in [0.15, 0.2) is 11.6 Å². The Morgan fingerprint density at radius 1 is 1.89 bits per heavy atom. The Labute approximate surface area is 58.1 Å². The van der Waals surface area contributed by atoms with Gasteiger partial charge in [0, 0.05) is 11.6 Å². The molecule has 0 unspecified atom stereocenters. The van der Waals surface area contributed by atoms with E-state index in [9.17, 15) is 0 Å². The quantitative estimate of drug-likeness (QED) is 0.626. The molecule has 1 aromatic rings. The van der Waals surface area contributed by atoms with Crippen molar-refractivity contribution in [3.63, 3.8) is 0 Å². The first-order valence-electron chi connectivity index (χ1n) is 2.82. The van der Waals surface area contributed by atoms with Crippen LogP contribution in [0.4, 0.5) is 0 Å². The summed E-state index contributed by atoms with van der Waals surface area (Å²) in [4.78, 5) is 3.98. The van der Waals surface area contributed by atoms with Gasteiger partial charge in [0.2, 0.25) is 0 Å². The van der Waals surface area contributed by atoms with Crippen LogP contribution in [0.3, 0.4) is 0 Å². The van der Waals surface area contributed by atoms with Gasteiger partial charge >= 0.3 is 0 Å². The van der Waals surface area contributed by atoms with E-state index in [2.05, 4.69) is 4.98 Å². The maximum absolute atomic E-state index is 7.34. The van der Waals surface area contributed by atoms with Crippen LogP contribution in [0.1, 0.15) is 18.4 Å². The minimum Gasteiger partial charge on any atom is -0.302 e. The summed E-state index contributed by atoms with van der Waals surface area (Å²) in [6.07, 6.45) is 2.50. The van der Waals surface area contributed by atoms with Gasteiger partial charge in [-0.1, -0.05) is 6.92 Å². The van der Waals surface area contributed by atoms with E-state index >= 15 is 0 Å². The van der Waals surface area contributed by atoms with Crippen molar-refractivity contribution in [2.75, 3.05) is 0 Å². The van der Waals surface area contributed by atoms with Crippen molar-refractivity contribution >= 4 is 17.0 Å². The number of thiazole rings is 1. The molecule has 0 saturated carbocycles. The zero-order valence-electron chi connectivity index (χ0n) is 5.22. The van der Waals surface area contributed by atoms with Crippen molar-refractivity contribution in [2.45, 2.75) is 13.3 Å². The number of nitrogens with one attached hydrogen (secondary N) is 1. The molecule has 1 N–H and O–H groups in total. The monoisotopic (exact) mass is 140 g/mol. The van der Waals surface area contributed by atoms with Crippen molar-refractivity contribution in [3.05, 3.63) is 16.6 Å². The third kappa shape index (κ3) is 1.36. The van der Waals surface area contributed by atoms with Crippen molar-refractivity contribution in [1.29, 1.82) is 5.41 Å². The van der Waals surface area contributed by atoms with Gasteiger partial charge in [-0.3, -0.25) is 0 Å². The molecule has 0 saturated heterocycles. The fourth-order valence-corrected chi connectivity index (χ4v) is 1.18. The van der Waals surface area contributed by atoms with E-state index in [0.717, 1.165) is 11.4 Å². The molecule has 1 aromatic heterocycles. The van der Waals surface area contributed by atoms with Crippen LogP contribution in [0.5, 0.6) is 0 Å². The number of aromatic nitrogens is 1. The van der Waals surface area contributed by atoms with Gasteiger partial charge in [-0.05, 0) is 6.42 Å². The van der Waals surface area contributed by atoms with Gasteiger partial charge in [-0.25, -0.2) is 4.98 Å². The summed E-state index contributed by atoms with van der Waals surface area (Å²) in [5, 5.41) is 10.1. The lowest BCUT2D eigenvalue weighted by atomic mass is 10.3. The van der Waals surface area contributed by atoms with E-state index in [0.29, 0.717) is 5.71 Å². The average molecular weight is 140 g/mol. The second-order valence-electron chi connectivity index (χ2n) is 1.67. The highest BCUT2D eigenvalue weighted by Crippen LogP contribution is 2.05. The molecular weight excluding hydrogens is 132 g/mol. The molecule has 0 amide bonds. The Morgan fingerprint density at radius 3 is 3.11 bits per heavy atom. The molecule has 0 radical (unpaired) electrons. The van der Waals surface area contributed by atoms with Crippen LogP contribution in [-0.2, 0) is 0 Å². The average Bonchev–Trinajstić information content (AvgIpc) is 2.37. The van der Waals surface area contributed by atoms with E-state index in [1.807, 2.05) is 12.3 Å². The van der Waals surface area contributed by atoms with E-state index in [-0.39, 0.29) is 0 Å². The first kappa shape index (κ1) is 6.42. The van der Waals surface area contributed by atoms with Gasteiger partial charge in [0.05, 0.1) is 5.71 Å². The van der Waals surface area contributed by atoms with E-state index in [1.165, 1.54) is 11.3 Å². The van der Waals surface area contributed by atoms with Crippen LogP contribution in [0.2, 0.25) is 0 Å². The summed E-state index contributed by atoms with van der Waals surface area (Å²) in [6, 6.07) is 0. The van der Waals surface area contributed by atoms with Gasteiger partial charge in [0.15, 0.2) is 0 Å². The molecule has 2 nitrogen and oxygen atoms in total. The number of hydrogen-bond acceptors (Lipinski definition) is 3. The first-order valence-corrected chi connectivity index (χ1v) is 3.70. The Morgan fingerprint density at radius 2 is 2.67 bits per heavy atom. The molecule has 1 heterocycles. The lowest BCUT2D eigenvalue weighted by Gasteiger charge is -1.89. The van der Waals surface area contributed by atoms with Crippen LogP contribution < -0.4 is 0 Å². The smallest absolute Gasteiger partial charge is 0.136 e. The van der Waals surface area contributed by atoms with Gasteiger partial charge in [-0.2, -0.15) is 0 Å². The van der Waals surface area contributed by atoms with E-state index in [1.54, 1.807) is 6.20 Å². The number of rotatable bonds is 2. The van der Waals surface area contributed by atoms with Crippen LogP contribution in [0.25, 0.3) is 0 Å². The van der Waals surface area contributed by atoms with Gasteiger partial charge in [-0.15, -0.1) is 11.3 Å². The SMILES string of the molecule is CCC(=N)c1nccs1. The molecule has 0 aromatic carbocycles. The second kappa shape index (κ2) is 2.73. The largest absolute Gasteiger partial charge is 0.302 e. The summed E-state index contributed by atoms with van der Waals surface area (Å²) >= 11 is 1.52. The lowest BCUT2D eigenvalue weighted by Crippen LogP contribution is -1.93. The molecule has 0 fully saturated rings. The minimum atomic E-state index is 0.630. The topological polar surface area (TPSA) is 36.7 Å². The van der Waals surface area contributed by atoms with Crippen molar-refractivity contribution in [2.24, 2.45) is 0 Å². The highest BCUT2D eigenvalue weighted by atomic mass is 32.1. The molecule has 1 rings (SSSR count). The molecular formula is C6H8N2S. The predicted octanol–water partition coefficient (Wildman–Crippen LogP) is 1.92. The fraction of sp³-hybridized carbons (Fsp3) is 0.333. The molecule has 9 heavy (non-hydrogen) atoms. The highest BCUT2D eigenvalue weighted by molar-refractivity contribution is 7.11. The lowest BCUT2D eigenvalue weighted by molar-refractivity contribution is 1.22. The fourth-order valence-electron chi connectivity index (χ4n) is 0.524. The highest BCUT2D eigenvalue weighted by Gasteiger charge is 1.98. The summed E-state index contributed by atoms with van der Waals surface area (Å²) < 4.78 is 0. The molecule has 3 heteroatoms. The maximum Gasteiger partial charge on any atom is 0.136 e. The van der Waals surface area contributed by atoms with Gasteiger partial charge in [0.25, 0.3) is 0 Å². The van der Waals surface area contributed by atoms with E-state index in [4.69, 9.17) is 5.41 Å². The van der Waals surface area contributed by atoms with Crippen molar-refractivity contribution < 1.29 is 0 Å². The molecule has 0 spiro atoms. The van der Waals surface area contributed by atoms with Crippen molar-refractivity contribution in [3.8, 4) is 0 Å². The Balaban J connectivity index is 2.77. The molecule has 0 bridgehead atoms. The third-order valence-corrected chi connectivity index (χ3v) is 1.88. The first-order chi connectivity index (χ1) is 4.34. The number of hydrogen-bond donors (Lipinski definition) is 1. The Kier molecular flexibility index (Phi) is 1.95. The molecule has 0 aliphatic heterocycles. The normalized spacial score (nSPS) is 9.44. The zero-order valence-corrected chi connectivity index (χ0v) is 6.03.